The van der Waals surface area contributed by atoms with Crippen LogP contribution in [0.25, 0.3) is 15.6 Å². The van der Waals surface area contributed by atoms with Crippen molar-refractivity contribution in [1.29, 1.82) is 0 Å². The third-order valence-electron chi connectivity index (χ3n) is 9.69. The summed E-state index contributed by atoms with van der Waals surface area (Å²) < 4.78 is 6.38. The van der Waals surface area contributed by atoms with Gasteiger partial charge >= 0.3 is 6.01 Å². The van der Waals surface area contributed by atoms with Gasteiger partial charge in [-0.2, -0.15) is 9.97 Å². The molecule has 3 heterocycles. The summed E-state index contributed by atoms with van der Waals surface area (Å²) in [5.41, 5.74) is 4.62. The fourth-order valence-corrected chi connectivity index (χ4v) is 7.27. The van der Waals surface area contributed by atoms with Crippen LogP contribution < -0.4 is 14.5 Å². The number of piperazine rings is 1. The van der Waals surface area contributed by atoms with Crippen molar-refractivity contribution in [3.63, 3.8) is 0 Å². The number of carbonyl (C=O) groups excluding carboxylic acids is 1. The standard InChI is InChI=1S/C35H43N7O2/c1-6-32(43)42-18-17-41(21-28(42)20-36-3)34-29-15-16-40(31-12-8-11-26-10-7-9-24(2)33(26)31)22-30(29)37-35(38-34)44-23-25-13-14-27(19-25)39(4)5/h6-12,25,27-28H,1,13-23H2,2,4-5H3/t25-,27+,28?/m1/s1. The Hall–Kier alpha value is -4.16. The number of aromatic nitrogens is 2. The molecular weight excluding hydrogens is 550 g/mol. The lowest BCUT2D eigenvalue weighted by Gasteiger charge is -2.41. The maximum atomic E-state index is 12.6. The number of benzene rings is 2. The third-order valence-corrected chi connectivity index (χ3v) is 9.69. The van der Waals surface area contributed by atoms with Crippen molar-refractivity contribution >= 4 is 28.2 Å². The van der Waals surface area contributed by atoms with Crippen LogP contribution in [0.1, 0.15) is 36.1 Å². The van der Waals surface area contributed by atoms with Crippen molar-refractivity contribution in [3.8, 4) is 6.01 Å². The number of hydrogen-bond acceptors (Lipinski definition) is 7. The van der Waals surface area contributed by atoms with Gasteiger partial charge in [-0.15, -0.1) is 0 Å². The fraction of sp³-hybridized carbons (Fsp3) is 0.486. The van der Waals surface area contributed by atoms with Crippen LogP contribution in [0.4, 0.5) is 11.5 Å². The van der Waals surface area contributed by atoms with E-state index in [1.165, 1.54) is 34.5 Å². The minimum atomic E-state index is -0.220. The van der Waals surface area contributed by atoms with E-state index in [-0.39, 0.29) is 18.5 Å². The second-order valence-corrected chi connectivity index (χ2v) is 12.7. The smallest absolute Gasteiger partial charge is 0.318 e. The van der Waals surface area contributed by atoms with Crippen LogP contribution >= 0.6 is 0 Å². The molecular formula is C35H43N7O2. The lowest BCUT2D eigenvalue weighted by atomic mass is 9.99. The molecule has 2 aliphatic heterocycles. The maximum absolute atomic E-state index is 12.6. The number of hydrogen-bond donors (Lipinski definition) is 0. The lowest BCUT2D eigenvalue weighted by Crippen LogP contribution is -2.56. The molecule has 1 saturated carbocycles. The molecule has 0 bridgehead atoms. The zero-order valence-corrected chi connectivity index (χ0v) is 26.2. The number of aryl methyl sites for hydroxylation is 1. The van der Waals surface area contributed by atoms with Gasteiger partial charge in [0.05, 0.1) is 18.8 Å². The Morgan fingerprint density at radius 1 is 1.14 bits per heavy atom. The molecule has 230 valence electrons. The van der Waals surface area contributed by atoms with E-state index < -0.39 is 0 Å². The van der Waals surface area contributed by atoms with E-state index in [2.05, 4.69) is 83.5 Å². The summed E-state index contributed by atoms with van der Waals surface area (Å²) in [6.07, 6.45) is 5.61. The van der Waals surface area contributed by atoms with Crippen LogP contribution in [0, 0.1) is 19.4 Å². The van der Waals surface area contributed by atoms with Gasteiger partial charge in [0.25, 0.3) is 0 Å². The Kier molecular flexibility index (Phi) is 8.72. The highest BCUT2D eigenvalue weighted by molar-refractivity contribution is 5.97. The first-order chi connectivity index (χ1) is 21.4. The maximum Gasteiger partial charge on any atom is 0.318 e. The summed E-state index contributed by atoms with van der Waals surface area (Å²) in [7, 11) is 4.30. The van der Waals surface area contributed by atoms with E-state index in [0.29, 0.717) is 50.8 Å². The highest BCUT2D eigenvalue weighted by atomic mass is 16.5. The Morgan fingerprint density at radius 2 is 1.95 bits per heavy atom. The Bertz CT molecular complexity index is 1580. The average Bonchev–Trinajstić information content (AvgIpc) is 3.52. The van der Waals surface area contributed by atoms with E-state index in [1.807, 2.05) is 0 Å². The third kappa shape index (κ3) is 5.96. The molecule has 1 aliphatic carbocycles. The molecule has 3 atom stereocenters. The minimum Gasteiger partial charge on any atom is -0.463 e. The van der Waals surface area contributed by atoms with Crippen molar-refractivity contribution in [2.75, 3.05) is 63.2 Å². The Morgan fingerprint density at radius 3 is 2.70 bits per heavy atom. The van der Waals surface area contributed by atoms with E-state index in [4.69, 9.17) is 21.3 Å². The summed E-state index contributed by atoms with van der Waals surface area (Å²) in [6.45, 7) is 17.5. The van der Waals surface area contributed by atoms with Gasteiger partial charge in [-0.1, -0.05) is 36.9 Å². The topological polar surface area (TPSA) is 69.4 Å². The molecule has 0 spiro atoms. The molecule has 2 fully saturated rings. The second-order valence-electron chi connectivity index (χ2n) is 12.7. The van der Waals surface area contributed by atoms with Gasteiger partial charge in [0.15, 0.2) is 0 Å². The molecule has 1 saturated heterocycles. The van der Waals surface area contributed by atoms with Crippen molar-refractivity contribution in [3.05, 3.63) is 77.3 Å². The van der Waals surface area contributed by atoms with Crippen molar-refractivity contribution in [2.24, 2.45) is 5.92 Å². The van der Waals surface area contributed by atoms with Gasteiger partial charge in [0.1, 0.15) is 11.9 Å². The van der Waals surface area contributed by atoms with E-state index in [0.717, 1.165) is 42.9 Å². The average molecular weight is 594 g/mol. The van der Waals surface area contributed by atoms with Gasteiger partial charge in [0.2, 0.25) is 12.5 Å². The lowest BCUT2D eigenvalue weighted by molar-refractivity contribution is -0.128. The van der Waals surface area contributed by atoms with Crippen molar-refractivity contribution in [1.82, 2.24) is 19.8 Å². The van der Waals surface area contributed by atoms with Crippen LogP contribution in [0.3, 0.4) is 0 Å². The number of anilines is 2. The normalized spacial score (nSPS) is 21.8. The van der Waals surface area contributed by atoms with Gasteiger partial charge in [-0.3, -0.25) is 4.79 Å². The van der Waals surface area contributed by atoms with Crippen molar-refractivity contribution < 1.29 is 9.53 Å². The zero-order chi connectivity index (χ0) is 30.8. The summed E-state index contributed by atoms with van der Waals surface area (Å²) >= 11 is 0. The Labute approximate surface area is 260 Å². The first kappa shape index (κ1) is 29.9. The SMILES string of the molecule is [C-]#[N+]CC1CN(c2nc(OC[C@@H]3CC[C@H](N(C)C)C3)nc3c2CCN(c2cccc4cccc(C)c24)C3)CCN1C(=O)C=C. The highest BCUT2D eigenvalue weighted by Crippen LogP contribution is 2.36. The quantitative estimate of drug-likeness (QED) is 0.276. The van der Waals surface area contributed by atoms with Gasteiger partial charge < -0.3 is 29.2 Å². The van der Waals surface area contributed by atoms with Crippen LogP contribution in [0.15, 0.2) is 49.1 Å². The van der Waals surface area contributed by atoms with Crippen LogP contribution in [-0.4, -0.2) is 91.2 Å². The Balaban J connectivity index is 1.32. The van der Waals surface area contributed by atoms with Crippen molar-refractivity contribution in [2.45, 2.75) is 51.2 Å². The van der Waals surface area contributed by atoms with E-state index >= 15 is 0 Å². The number of rotatable bonds is 8. The molecule has 0 N–H and O–H groups in total. The second kappa shape index (κ2) is 12.8. The number of amides is 1. The number of fused-ring (bicyclic) bond motifs is 2. The molecule has 44 heavy (non-hydrogen) atoms. The summed E-state index contributed by atoms with van der Waals surface area (Å²) in [6, 6.07) is 13.8. The molecule has 3 aliphatic rings. The molecule has 3 aromatic rings. The van der Waals surface area contributed by atoms with Gasteiger partial charge in [0, 0.05) is 48.9 Å². The molecule has 2 aromatic carbocycles. The van der Waals surface area contributed by atoms with Gasteiger partial charge in [-0.05, 0) is 75.7 Å². The summed E-state index contributed by atoms with van der Waals surface area (Å²) in [5, 5.41) is 2.52. The monoisotopic (exact) mass is 593 g/mol. The molecule has 1 aromatic heterocycles. The molecule has 9 heteroatoms. The fourth-order valence-electron chi connectivity index (χ4n) is 7.27. The largest absolute Gasteiger partial charge is 0.463 e. The molecule has 9 nitrogen and oxygen atoms in total. The molecule has 1 amide bonds. The zero-order valence-electron chi connectivity index (χ0n) is 26.2. The molecule has 6 rings (SSSR count). The predicted octanol–water partition coefficient (Wildman–Crippen LogP) is 4.73. The van der Waals surface area contributed by atoms with Crippen LogP contribution in [0.5, 0.6) is 6.01 Å². The molecule has 1 unspecified atom stereocenters. The highest BCUT2D eigenvalue weighted by Gasteiger charge is 2.35. The van der Waals surface area contributed by atoms with Crippen LogP contribution in [-0.2, 0) is 17.8 Å². The summed E-state index contributed by atoms with van der Waals surface area (Å²) in [5.74, 6) is 1.25. The molecule has 0 radical (unpaired) electrons. The van der Waals surface area contributed by atoms with E-state index in [1.54, 1.807) is 4.90 Å². The minimum absolute atomic E-state index is 0.124. The summed E-state index contributed by atoms with van der Waals surface area (Å²) in [4.78, 5) is 35.1. The number of ether oxygens (including phenoxy) is 1. The van der Waals surface area contributed by atoms with Gasteiger partial charge in [-0.25, -0.2) is 6.57 Å². The van der Waals surface area contributed by atoms with E-state index in [9.17, 15) is 4.79 Å². The predicted molar refractivity (Wildman–Crippen MR) is 175 cm³/mol. The van der Waals surface area contributed by atoms with Crippen LogP contribution in [0.2, 0.25) is 0 Å². The number of carbonyl (C=O) groups is 1. The first-order valence-corrected chi connectivity index (χ1v) is 15.8. The first-order valence-electron chi connectivity index (χ1n) is 15.8. The number of nitrogens with zero attached hydrogens (tertiary/aromatic N) is 7.